The molecule has 0 atom stereocenters. The smallest absolute Gasteiger partial charge is 0.0688 e. The maximum absolute atomic E-state index is 3.90. The molecule has 1 aliphatic rings. The van der Waals surface area contributed by atoms with E-state index in [2.05, 4.69) is 24.9 Å². The Morgan fingerprint density at radius 2 is 2.57 bits per heavy atom. The van der Waals surface area contributed by atoms with Crippen molar-refractivity contribution in [2.24, 2.45) is 4.99 Å². The van der Waals surface area contributed by atoms with Gasteiger partial charge in [0.05, 0.1) is 2.49 Å². The topological polar surface area (TPSA) is 12.4 Å². The average Bonchev–Trinajstić information content (AvgIpc) is 1.69. The summed E-state index contributed by atoms with van der Waals surface area (Å²) in [5.41, 5.74) is 0. The van der Waals surface area contributed by atoms with Gasteiger partial charge in [-0.1, -0.05) is 20.7 Å². The van der Waals surface area contributed by atoms with E-state index in [1.54, 1.807) is 0 Å². The van der Waals surface area contributed by atoms with Crippen molar-refractivity contribution in [1.29, 1.82) is 0 Å². The fraction of sp³-hybridized carbons (Fsp3) is 0. The molecule has 1 rings (SSSR count). The molecule has 1 aliphatic heterocycles. The molecule has 0 aromatic heterocycles. The van der Waals surface area contributed by atoms with Crippen LogP contribution in [0.1, 0.15) is 0 Å². The van der Waals surface area contributed by atoms with Gasteiger partial charge in [0.2, 0.25) is 0 Å². The lowest BCUT2D eigenvalue weighted by molar-refractivity contribution is 1.63. The zero-order valence-electron chi connectivity index (χ0n) is 3.44. The van der Waals surface area contributed by atoms with E-state index in [1.807, 2.05) is 12.4 Å². The first kappa shape index (κ1) is 5.62. The van der Waals surface area contributed by atoms with Crippen molar-refractivity contribution in [3.05, 3.63) is 8.69 Å². The van der Waals surface area contributed by atoms with E-state index in [0.29, 0.717) is 0 Å². The van der Waals surface area contributed by atoms with Crippen LogP contribution in [0.3, 0.4) is 0 Å². The van der Waals surface area contributed by atoms with Crippen LogP contribution in [0, 0.1) is 0 Å². The highest BCUT2D eigenvalue weighted by molar-refractivity contribution is 14.2. The van der Waals surface area contributed by atoms with Crippen LogP contribution in [0.15, 0.2) is 13.7 Å². The fourth-order valence-corrected chi connectivity index (χ4v) is 2.05. The van der Waals surface area contributed by atoms with Crippen LogP contribution in [0.4, 0.5) is 0 Å². The lowest BCUT2D eigenvalue weighted by Gasteiger charge is -1.85. The van der Waals surface area contributed by atoms with Crippen LogP contribution in [-0.4, -0.2) is 10.2 Å². The molecule has 0 amide bonds. The molecule has 1 nitrogen and oxygen atoms in total. The number of hydrogen-bond acceptors (Lipinski definition) is 1. The highest BCUT2D eigenvalue weighted by atomic mass is 127. The minimum atomic E-state index is 0.155. The molecular formula is C4H3BrIN. The molecule has 0 aliphatic carbocycles. The highest BCUT2D eigenvalue weighted by Crippen LogP contribution is 2.21. The third kappa shape index (κ3) is 1.82. The summed E-state index contributed by atoms with van der Waals surface area (Å²) in [7, 11) is 0. The molecule has 0 spiro atoms. The first-order valence-corrected chi connectivity index (χ1v) is 4.85. The maximum Gasteiger partial charge on any atom is 0.0688 e. The molecule has 7 heavy (non-hydrogen) atoms. The molecule has 0 unspecified atom stereocenters. The summed E-state index contributed by atoms with van der Waals surface area (Å²) in [4.78, 5) is 3.90. The molecule has 0 aromatic rings. The van der Waals surface area contributed by atoms with E-state index >= 15 is 0 Å². The Hall–Kier alpha value is 0.490. The number of hydrogen-bond donors (Lipinski definition) is 0. The largest absolute Gasteiger partial charge is 0.263 e. The summed E-state index contributed by atoms with van der Waals surface area (Å²) in [5, 5.41) is 0. The predicted octanol–water partition coefficient (Wildman–Crippen LogP) is 2.04. The first-order valence-electron chi connectivity index (χ1n) is 1.73. The molecule has 0 radical (unpaired) electrons. The van der Waals surface area contributed by atoms with Gasteiger partial charge in [0.25, 0.3) is 0 Å². The van der Waals surface area contributed by atoms with Crippen molar-refractivity contribution in [1.82, 2.24) is 0 Å². The van der Waals surface area contributed by atoms with Gasteiger partial charge in [0, 0.05) is 12.4 Å². The molecule has 3 heteroatoms. The third-order valence-corrected chi connectivity index (χ3v) is 3.40. The van der Waals surface area contributed by atoms with Crippen LogP contribution in [0.5, 0.6) is 0 Å². The molecule has 1 heterocycles. The van der Waals surface area contributed by atoms with E-state index in [1.165, 1.54) is 2.49 Å². The summed E-state index contributed by atoms with van der Waals surface area (Å²) in [6.45, 7) is 0. The minimum Gasteiger partial charge on any atom is -0.263 e. The molecule has 0 N–H and O–H groups in total. The van der Waals surface area contributed by atoms with E-state index in [9.17, 15) is 0 Å². The Bertz CT molecular complexity index is 148. The normalized spacial score (nSPS) is 18.1. The van der Waals surface area contributed by atoms with Gasteiger partial charge in [-0.2, -0.15) is 0 Å². The fourth-order valence-electron chi connectivity index (χ4n) is 0.248. The van der Waals surface area contributed by atoms with Crippen LogP contribution in [-0.2, 0) is 0 Å². The van der Waals surface area contributed by atoms with Gasteiger partial charge in [-0.05, 0) is 19.9 Å². The monoisotopic (exact) mass is 271 g/mol. The molecule has 0 saturated heterocycles. The molecule has 0 fully saturated rings. The molecular weight excluding hydrogens is 269 g/mol. The number of aliphatic imine (C=N–C) groups is 1. The Morgan fingerprint density at radius 1 is 1.71 bits per heavy atom. The van der Waals surface area contributed by atoms with Crippen LogP contribution >= 0.6 is 36.7 Å². The standard InChI is InChI=1S/C4H3BrIN/c5-4-3-7-2-1-6-4/h1-3H. The quantitative estimate of drug-likeness (QED) is 0.598. The summed E-state index contributed by atoms with van der Waals surface area (Å²) in [6.07, 6.45) is 3.70. The number of halogens is 2. The van der Waals surface area contributed by atoms with Crippen molar-refractivity contribution in [3.63, 3.8) is 0 Å². The highest BCUT2D eigenvalue weighted by Gasteiger charge is 1.83. The summed E-state index contributed by atoms with van der Waals surface area (Å²) < 4.78 is 3.37. The summed E-state index contributed by atoms with van der Waals surface area (Å²) in [5.74, 6) is 0. The lowest BCUT2D eigenvalue weighted by atomic mass is 10.9. The van der Waals surface area contributed by atoms with Crippen LogP contribution in [0.2, 0.25) is 0 Å². The Morgan fingerprint density at radius 3 is 2.86 bits per heavy atom. The van der Waals surface area contributed by atoms with Gasteiger partial charge >= 0.3 is 0 Å². The second-order valence-electron chi connectivity index (χ2n) is 0.952. The predicted molar refractivity (Wildman–Crippen MR) is 45.6 cm³/mol. The second kappa shape index (κ2) is 2.71. The number of nitrogens with zero attached hydrogens (tertiary/aromatic N) is 1. The Labute approximate surface area is 60.4 Å². The minimum absolute atomic E-state index is 0.155. The molecule has 38 valence electrons. The summed E-state index contributed by atoms with van der Waals surface area (Å²) in [6, 6.07) is 0. The zero-order valence-corrected chi connectivity index (χ0v) is 7.18. The van der Waals surface area contributed by atoms with E-state index in [4.69, 9.17) is 0 Å². The molecule has 0 saturated carbocycles. The SMILES string of the molecule is BrC1=CN=CC=I1. The van der Waals surface area contributed by atoms with E-state index in [0.717, 1.165) is 0 Å². The van der Waals surface area contributed by atoms with E-state index in [-0.39, 0.29) is 20.7 Å². The zero-order chi connectivity index (χ0) is 5.11. The average molecular weight is 272 g/mol. The van der Waals surface area contributed by atoms with Gasteiger partial charge in [-0.3, -0.25) is 4.99 Å². The number of rotatable bonds is 0. The van der Waals surface area contributed by atoms with E-state index < -0.39 is 0 Å². The van der Waals surface area contributed by atoms with Crippen LogP contribution in [0.25, 0.3) is 0 Å². The second-order valence-corrected chi connectivity index (χ2v) is 5.79. The third-order valence-electron chi connectivity index (χ3n) is 0.482. The first-order chi connectivity index (χ1) is 3.39. The van der Waals surface area contributed by atoms with Crippen molar-refractivity contribution < 1.29 is 0 Å². The van der Waals surface area contributed by atoms with Gasteiger partial charge in [-0.15, -0.1) is 0 Å². The van der Waals surface area contributed by atoms with Gasteiger partial charge in [0.1, 0.15) is 0 Å². The Balaban J connectivity index is 2.82. The van der Waals surface area contributed by atoms with Gasteiger partial charge in [-0.25, -0.2) is 0 Å². The molecule has 0 aromatic carbocycles. The lowest BCUT2D eigenvalue weighted by Crippen LogP contribution is -1.71. The van der Waals surface area contributed by atoms with Gasteiger partial charge in [0.15, 0.2) is 0 Å². The summed E-state index contributed by atoms with van der Waals surface area (Å²) >= 11 is 3.51. The van der Waals surface area contributed by atoms with Crippen molar-refractivity contribution in [2.75, 3.05) is 0 Å². The van der Waals surface area contributed by atoms with Crippen molar-refractivity contribution >= 4 is 46.9 Å². The molecule has 0 bridgehead atoms. The Kier molecular flexibility index (Phi) is 2.18. The van der Waals surface area contributed by atoms with Gasteiger partial charge < -0.3 is 0 Å². The maximum atomic E-state index is 3.90. The van der Waals surface area contributed by atoms with Crippen LogP contribution < -0.4 is 0 Å². The van der Waals surface area contributed by atoms with Crippen molar-refractivity contribution in [2.45, 2.75) is 0 Å². The van der Waals surface area contributed by atoms with Crippen molar-refractivity contribution in [3.8, 4) is 0 Å².